The quantitative estimate of drug-likeness (QED) is 0.796. The molecule has 0 saturated carbocycles. The lowest BCUT2D eigenvalue weighted by atomic mass is 10.3. The second-order valence-electron chi connectivity index (χ2n) is 4.09. The highest BCUT2D eigenvalue weighted by atomic mass is 16.2. The topological polar surface area (TPSA) is 46.1 Å². The van der Waals surface area contributed by atoms with Gasteiger partial charge in [-0.2, -0.15) is 0 Å². The molecule has 4 nitrogen and oxygen atoms in total. The van der Waals surface area contributed by atoms with Crippen LogP contribution >= 0.6 is 0 Å². The van der Waals surface area contributed by atoms with Gasteiger partial charge in [0.2, 0.25) is 5.91 Å². The summed E-state index contributed by atoms with van der Waals surface area (Å²) in [6, 6.07) is 3.83. The van der Waals surface area contributed by atoms with Crippen molar-refractivity contribution < 1.29 is 4.79 Å². The number of nitrogens with one attached hydrogen (secondary N) is 2. The molecule has 1 aromatic rings. The van der Waals surface area contributed by atoms with E-state index in [0.717, 1.165) is 24.4 Å². The molecule has 0 saturated heterocycles. The SMILES string of the molecule is CCCNC(=O)C(C)Nn1c(C)ccc1C. The number of aryl methyl sites for hydroxylation is 2. The first-order chi connectivity index (χ1) is 7.56. The number of hydrogen-bond donors (Lipinski definition) is 2. The number of carbonyl (C=O) groups is 1. The zero-order chi connectivity index (χ0) is 12.1. The van der Waals surface area contributed by atoms with Crippen LogP contribution in [0.5, 0.6) is 0 Å². The molecule has 0 radical (unpaired) electrons. The number of amides is 1. The van der Waals surface area contributed by atoms with Gasteiger partial charge in [-0.25, -0.2) is 0 Å². The first kappa shape index (κ1) is 12.6. The van der Waals surface area contributed by atoms with Crippen molar-refractivity contribution >= 4 is 5.91 Å². The summed E-state index contributed by atoms with van der Waals surface area (Å²) in [5, 5.41) is 2.87. The van der Waals surface area contributed by atoms with E-state index in [1.165, 1.54) is 0 Å². The van der Waals surface area contributed by atoms with Crippen molar-refractivity contribution in [3.8, 4) is 0 Å². The average molecular weight is 223 g/mol. The van der Waals surface area contributed by atoms with E-state index in [1.807, 2.05) is 44.5 Å². The monoisotopic (exact) mass is 223 g/mol. The van der Waals surface area contributed by atoms with E-state index >= 15 is 0 Å². The van der Waals surface area contributed by atoms with Crippen molar-refractivity contribution in [2.24, 2.45) is 0 Å². The Labute approximate surface area is 97.0 Å². The van der Waals surface area contributed by atoms with Crippen molar-refractivity contribution in [2.75, 3.05) is 12.0 Å². The molecule has 0 fully saturated rings. The summed E-state index contributed by atoms with van der Waals surface area (Å²) in [7, 11) is 0. The Morgan fingerprint density at radius 1 is 1.38 bits per heavy atom. The molecular formula is C12H21N3O. The highest BCUT2D eigenvalue weighted by molar-refractivity contribution is 5.82. The average Bonchev–Trinajstić information content (AvgIpc) is 2.57. The first-order valence-electron chi connectivity index (χ1n) is 5.75. The standard InChI is InChI=1S/C12H21N3O/c1-5-8-13-12(16)11(4)14-15-9(2)6-7-10(15)3/h6-7,11,14H,5,8H2,1-4H3,(H,13,16). The number of aromatic nitrogens is 1. The molecule has 4 heteroatoms. The van der Waals surface area contributed by atoms with Gasteiger partial charge in [0.25, 0.3) is 0 Å². The van der Waals surface area contributed by atoms with E-state index in [1.54, 1.807) is 0 Å². The summed E-state index contributed by atoms with van der Waals surface area (Å²) in [5.41, 5.74) is 5.38. The van der Waals surface area contributed by atoms with E-state index in [4.69, 9.17) is 0 Å². The molecule has 1 rings (SSSR count). The number of rotatable bonds is 5. The lowest BCUT2D eigenvalue weighted by molar-refractivity contribution is -0.121. The Balaban J connectivity index is 2.57. The Bertz CT molecular complexity index is 338. The summed E-state index contributed by atoms with van der Waals surface area (Å²) in [6.45, 7) is 8.66. The summed E-state index contributed by atoms with van der Waals surface area (Å²) in [5.74, 6) is 0.0364. The molecule has 0 aliphatic heterocycles. The molecule has 0 aromatic carbocycles. The lowest BCUT2D eigenvalue weighted by Gasteiger charge is -2.18. The maximum absolute atomic E-state index is 11.7. The summed E-state index contributed by atoms with van der Waals surface area (Å²) in [4.78, 5) is 11.7. The first-order valence-corrected chi connectivity index (χ1v) is 5.75. The Hall–Kier alpha value is -1.45. The molecule has 2 N–H and O–H groups in total. The van der Waals surface area contributed by atoms with Crippen molar-refractivity contribution in [2.45, 2.75) is 40.2 Å². The van der Waals surface area contributed by atoms with E-state index in [-0.39, 0.29) is 11.9 Å². The van der Waals surface area contributed by atoms with Gasteiger partial charge in [0.05, 0.1) is 0 Å². The van der Waals surface area contributed by atoms with Gasteiger partial charge in [-0.05, 0) is 39.3 Å². The molecule has 1 heterocycles. The van der Waals surface area contributed by atoms with E-state index in [9.17, 15) is 4.79 Å². The highest BCUT2D eigenvalue weighted by Crippen LogP contribution is 2.04. The second kappa shape index (κ2) is 5.58. The van der Waals surface area contributed by atoms with E-state index < -0.39 is 0 Å². The number of carbonyl (C=O) groups excluding carboxylic acids is 1. The van der Waals surface area contributed by atoms with Gasteiger partial charge in [-0.15, -0.1) is 0 Å². The van der Waals surface area contributed by atoms with Crippen LogP contribution in [0.25, 0.3) is 0 Å². The predicted molar refractivity (Wildman–Crippen MR) is 66.0 cm³/mol. The molecule has 90 valence electrons. The van der Waals surface area contributed by atoms with E-state index in [2.05, 4.69) is 10.7 Å². The van der Waals surface area contributed by atoms with Crippen LogP contribution in [0.3, 0.4) is 0 Å². The van der Waals surface area contributed by atoms with Gasteiger partial charge in [-0.1, -0.05) is 6.92 Å². The fourth-order valence-electron chi connectivity index (χ4n) is 1.53. The zero-order valence-corrected chi connectivity index (χ0v) is 10.5. The summed E-state index contributed by atoms with van der Waals surface area (Å²) < 4.78 is 1.94. The van der Waals surface area contributed by atoms with Gasteiger partial charge in [0.1, 0.15) is 6.04 Å². The van der Waals surface area contributed by atoms with Crippen molar-refractivity contribution in [1.82, 2.24) is 9.99 Å². The zero-order valence-electron chi connectivity index (χ0n) is 10.5. The molecule has 1 unspecified atom stereocenters. The Kier molecular flexibility index (Phi) is 4.40. The maximum atomic E-state index is 11.7. The van der Waals surface area contributed by atoms with Crippen molar-refractivity contribution in [3.63, 3.8) is 0 Å². The fraction of sp³-hybridized carbons (Fsp3) is 0.583. The predicted octanol–water partition coefficient (Wildman–Crippen LogP) is 1.56. The van der Waals surface area contributed by atoms with Gasteiger partial charge in [-0.3, -0.25) is 9.47 Å². The molecular weight excluding hydrogens is 202 g/mol. The third-order valence-corrected chi connectivity index (χ3v) is 2.54. The summed E-state index contributed by atoms with van der Waals surface area (Å²) >= 11 is 0. The van der Waals surface area contributed by atoms with Crippen LogP contribution in [-0.2, 0) is 4.79 Å². The maximum Gasteiger partial charge on any atom is 0.243 e. The number of nitrogens with zero attached hydrogens (tertiary/aromatic N) is 1. The molecule has 0 bridgehead atoms. The van der Waals surface area contributed by atoms with Crippen LogP contribution in [0.2, 0.25) is 0 Å². The molecule has 0 spiro atoms. The van der Waals surface area contributed by atoms with Crippen LogP contribution < -0.4 is 10.7 Å². The molecule has 1 aromatic heterocycles. The largest absolute Gasteiger partial charge is 0.354 e. The Morgan fingerprint density at radius 2 is 1.94 bits per heavy atom. The lowest BCUT2D eigenvalue weighted by Crippen LogP contribution is -2.41. The van der Waals surface area contributed by atoms with Gasteiger partial charge in [0, 0.05) is 17.9 Å². The van der Waals surface area contributed by atoms with Crippen LogP contribution in [-0.4, -0.2) is 23.2 Å². The normalized spacial score (nSPS) is 12.2. The van der Waals surface area contributed by atoms with Crippen LogP contribution in [0.1, 0.15) is 31.7 Å². The van der Waals surface area contributed by atoms with Crippen LogP contribution in [0.4, 0.5) is 0 Å². The molecule has 1 amide bonds. The third-order valence-electron chi connectivity index (χ3n) is 2.54. The molecule has 16 heavy (non-hydrogen) atoms. The van der Waals surface area contributed by atoms with Crippen LogP contribution in [0, 0.1) is 13.8 Å². The minimum atomic E-state index is -0.226. The van der Waals surface area contributed by atoms with Crippen LogP contribution in [0.15, 0.2) is 12.1 Å². The van der Waals surface area contributed by atoms with E-state index in [0.29, 0.717) is 0 Å². The molecule has 1 atom stereocenters. The van der Waals surface area contributed by atoms with Crippen molar-refractivity contribution in [3.05, 3.63) is 23.5 Å². The number of hydrogen-bond acceptors (Lipinski definition) is 2. The highest BCUT2D eigenvalue weighted by Gasteiger charge is 2.12. The Morgan fingerprint density at radius 3 is 2.44 bits per heavy atom. The molecule has 0 aliphatic carbocycles. The van der Waals surface area contributed by atoms with Gasteiger partial charge >= 0.3 is 0 Å². The fourth-order valence-corrected chi connectivity index (χ4v) is 1.53. The van der Waals surface area contributed by atoms with Crippen molar-refractivity contribution in [1.29, 1.82) is 0 Å². The van der Waals surface area contributed by atoms with Gasteiger partial charge in [0.15, 0.2) is 0 Å². The van der Waals surface area contributed by atoms with Gasteiger partial charge < -0.3 is 10.7 Å². The third kappa shape index (κ3) is 3.02. The second-order valence-corrected chi connectivity index (χ2v) is 4.09. The minimum Gasteiger partial charge on any atom is -0.354 e. The smallest absolute Gasteiger partial charge is 0.243 e. The summed E-state index contributed by atoms with van der Waals surface area (Å²) in [6.07, 6.45) is 0.958. The minimum absolute atomic E-state index is 0.0364. The molecule has 0 aliphatic rings.